The molecule has 0 spiro atoms. The Kier molecular flexibility index (Phi) is 2.92. The number of hydrogen-bond acceptors (Lipinski definition) is 5. The highest BCUT2D eigenvalue weighted by Crippen LogP contribution is 2.31. The number of nitrogens with two attached hydrogens (primary N) is 1. The first kappa shape index (κ1) is 11.2. The van der Waals surface area contributed by atoms with E-state index in [0.717, 1.165) is 10.3 Å². The Labute approximate surface area is 109 Å². The molecule has 0 saturated carbocycles. The summed E-state index contributed by atoms with van der Waals surface area (Å²) in [6, 6.07) is 1.15. The summed E-state index contributed by atoms with van der Waals surface area (Å²) < 4.78 is 0.878. The van der Waals surface area contributed by atoms with Gasteiger partial charge < -0.3 is 11.1 Å². The van der Waals surface area contributed by atoms with Crippen molar-refractivity contribution in [1.82, 2.24) is 14.9 Å². The number of rotatable bonds is 2. The Hall–Kier alpha value is -0.880. The van der Waals surface area contributed by atoms with E-state index in [4.69, 9.17) is 5.73 Å². The van der Waals surface area contributed by atoms with Crippen molar-refractivity contribution in [3.8, 4) is 0 Å². The highest BCUT2D eigenvalue weighted by atomic mass is 79.9. The van der Waals surface area contributed by atoms with Gasteiger partial charge in [0.05, 0.1) is 4.47 Å². The molecule has 17 heavy (non-hydrogen) atoms. The number of aromatic nitrogens is 2. The average Bonchev–Trinajstić information content (AvgIpc) is 2.88. The molecule has 2 fully saturated rings. The van der Waals surface area contributed by atoms with Gasteiger partial charge in [0.15, 0.2) is 0 Å². The van der Waals surface area contributed by atoms with Crippen LogP contribution in [0.2, 0.25) is 0 Å². The lowest BCUT2D eigenvalue weighted by Crippen LogP contribution is -2.34. The van der Waals surface area contributed by atoms with E-state index in [1.54, 1.807) is 6.20 Å². The maximum Gasteiger partial charge on any atom is 0.221 e. The van der Waals surface area contributed by atoms with Crippen LogP contribution in [-0.2, 0) is 0 Å². The third-order valence-electron chi connectivity index (χ3n) is 3.69. The van der Waals surface area contributed by atoms with Gasteiger partial charge in [0.25, 0.3) is 0 Å². The van der Waals surface area contributed by atoms with Crippen LogP contribution in [0, 0.1) is 0 Å². The van der Waals surface area contributed by atoms with Crippen LogP contribution in [-0.4, -0.2) is 40.0 Å². The first-order valence-corrected chi connectivity index (χ1v) is 6.82. The van der Waals surface area contributed by atoms with Crippen LogP contribution in [0.15, 0.2) is 10.7 Å². The maximum absolute atomic E-state index is 5.62. The molecule has 2 aliphatic heterocycles. The third-order valence-corrected chi connectivity index (χ3v) is 4.27. The normalized spacial score (nSPS) is 28.3. The van der Waals surface area contributed by atoms with Crippen molar-refractivity contribution < 1.29 is 0 Å². The number of halogens is 1. The van der Waals surface area contributed by atoms with Gasteiger partial charge >= 0.3 is 0 Å². The first-order chi connectivity index (χ1) is 8.24. The molecule has 2 atom stereocenters. The fourth-order valence-corrected chi connectivity index (χ4v) is 3.21. The number of nitrogens with one attached hydrogen (secondary N) is 1. The predicted octanol–water partition coefficient (Wildman–Crippen LogP) is 1.47. The number of anilines is 2. The Morgan fingerprint density at radius 3 is 3.18 bits per heavy atom. The minimum Gasteiger partial charge on any atom is -0.368 e. The predicted molar refractivity (Wildman–Crippen MR) is 70.8 cm³/mol. The molecule has 5 nitrogen and oxygen atoms in total. The van der Waals surface area contributed by atoms with Crippen LogP contribution >= 0.6 is 15.9 Å². The average molecular weight is 298 g/mol. The van der Waals surface area contributed by atoms with E-state index in [1.165, 1.54) is 32.4 Å². The van der Waals surface area contributed by atoms with Gasteiger partial charge in [-0.15, -0.1) is 0 Å². The molecule has 1 aromatic heterocycles. The molecule has 0 radical (unpaired) electrons. The molecule has 0 bridgehead atoms. The van der Waals surface area contributed by atoms with Crippen molar-refractivity contribution in [2.24, 2.45) is 0 Å². The van der Waals surface area contributed by atoms with E-state index < -0.39 is 0 Å². The van der Waals surface area contributed by atoms with Gasteiger partial charge in [-0.3, -0.25) is 4.90 Å². The lowest BCUT2D eigenvalue weighted by Gasteiger charge is -2.22. The van der Waals surface area contributed by atoms with E-state index in [-0.39, 0.29) is 0 Å². The van der Waals surface area contributed by atoms with Gasteiger partial charge in [-0.2, -0.15) is 4.98 Å². The number of hydrogen-bond donors (Lipinski definition) is 2. The molecular weight excluding hydrogens is 282 g/mol. The zero-order chi connectivity index (χ0) is 11.8. The van der Waals surface area contributed by atoms with Crippen molar-refractivity contribution in [2.45, 2.75) is 31.3 Å². The van der Waals surface area contributed by atoms with E-state index in [1.807, 2.05) is 0 Å². The molecule has 2 aliphatic rings. The highest BCUT2D eigenvalue weighted by Gasteiger charge is 2.37. The lowest BCUT2D eigenvalue weighted by atomic mass is 10.1. The fraction of sp³-hybridized carbons (Fsp3) is 0.636. The smallest absolute Gasteiger partial charge is 0.221 e. The van der Waals surface area contributed by atoms with Crippen LogP contribution in [0.3, 0.4) is 0 Å². The van der Waals surface area contributed by atoms with E-state index in [0.29, 0.717) is 18.0 Å². The zero-order valence-corrected chi connectivity index (χ0v) is 11.2. The Bertz CT molecular complexity index is 424. The van der Waals surface area contributed by atoms with Crippen LogP contribution in [0.5, 0.6) is 0 Å². The summed E-state index contributed by atoms with van der Waals surface area (Å²) in [4.78, 5) is 10.8. The second-order valence-electron chi connectivity index (χ2n) is 4.71. The van der Waals surface area contributed by atoms with Gasteiger partial charge in [0.1, 0.15) is 5.82 Å². The number of nitrogens with zero attached hydrogens (tertiary/aromatic N) is 3. The summed E-state index contributed by atoms with van der Waals surface area (Å²) in [5, 5.41) is 3.50. The summed E-state index contributed by atoms with van der Waals surface area (Å²) in [6.07, 6.45) is 5.48. The van der Waals surface area contributed by atoms with Gasteiger partial charge in [-0.1, -0.05) is 0 Å². The second kappa shape index (κ2) is 4.42. The lowest BCUT2D eigenvalue weighted by molar-refractivity contribution is 0.318. The van der Waals surface area contributed by atoms with Crippen molar-refractivity contribution in [2.75, 3.05) is 24.1 Å². The molecule has 3 N–H and O–H groups in total. The molecule has 2 saturated heterocycles. The molecule has 92 valence electrons. The van der Waals surface area contributed by atoms with Crippen LogP contribution in [0.1, 0.15) is 19.3 Å². The standard InChI is InChI=1S/C11H16BrN5/c12-7-6-14-11(13)16-10(7)15-8-3-5-17-4-1-2-9(8)17/h6,8-9H,1-5H2,(H3,13,14,15,16). The third kappa shape index (κ3) is 2.11. The Morgan fingerprint density at radius 2 is 2.29 bits per heavy atom. The molecule has 0 aromatic carbocycles. The Morgan fingerprint density at radius 1 is 1.41 bits per heavy atom. The van der Waals surface area contributed by atoms with Gasteiger partial charge in [0.2, 0.25) is 5.95 Å². The summed E-state index contributed by atoms with van der Waals surface area (Å²) in [7, 11) is 0. The quantitative estimate of drug-likeness (QED) is 0.865. The van der Waals surface area contributed by atoms with Crippen LogP contribution in [0.25, 0.3) is 0 Å². The topological polar surface area (TPSA) is 67.1 Å². The first-order valence-electron chi connectivity index (χ1n) is 6.02. The second-order valence-corrected chi connectivity index (χ2v) is 5.56. The highest BCUT2D eigenvalue weighted by molar-refractivity contribution is 9.10. The van der Waals surface area contributed by atoms with Crippen molar-refractivity contribution in [1.29, 1.82) is 0 Å². The molecule has 6 heteroatoms. The monoisotopic (exact) mass is 297 g/mol. The summed E-state index contributed by atoms with van der Waals surface area (Å²) in [5.41, 5.74) is 5.62. The number of fused-ring (bicyclic) bond motifs is 1. The molecule has 3 heterocycles. The SMILES string of the molecule is Nc1ncc(Br)c(NC2CCN3CCCC23)n1. The fourth-order valence-electron chi connectivity index (χ4n) is 2.91. The minimum absolute atomic E-state index is 0.317. The van der Waals surface area contributed by atoms with Crippen LogP contribution in [0.4, 0.5) is 11.8 Å². The summed E-state index contributed by atoms with van der Waals surface area (Å²) in [5.74, 6) is 1.13. The number of nitrogen functional groups attached to an aromatic ring is 1. The van der Waals surface area contributed by atoms with Gasteiger partial charge in [-0.05, 0) is 41.7 Å². The van der Waals surface area contributed by atoms with E-state index >= 15 is 0 Å². The summed E-state index contributed by atoms with van der Waals surface area (Å²) in [6.45, 7) is 2.44. The molecule has 3 rings (SSSR count). The van der Waals surface area contributed by atoms with E-state index in [9.17, 15) is 0 Å². The van der Waals surface area contributed by atoms with Crippen molar-refractivity contribution in [3.05, 3.63) is 10.7 Å². The maximum atomic E-state index is 5.62. The Balaban J connectivity index is 1.76. The van der Waals surface area contributed by atoms with Gasteiger partial charge in [0, 0.05) is 24.8 Å². The van der Waals surface area contributed by atoms with E-state index in [2.05, 4.69) is 36.1 Å². The van der Waals surface area contributed by atoms with Crippen molar-refractivity contribution in [3.63, 3.8) is 0 Å². The molecule has 1 aromatic rings. The van der Waals surface area contributed by atoms with Gasteiger partial charge in [-0.25, -0.2) is 4.98 Å². The van der Waals surface area contributed by atoms with Crippen LogP contribution < -0.4 is 11.1 Å². The summed E-state index contributed by atoms with van der Waals surface area (Å²) >= 11 is 3.45. The molecule has 2 unspecified atom stereocenters. The zero-order valence-electron chi connectivity index (χ0n) is 9.56. The minimum atomic E-state index is 0.317. The largest absolute Gasteiger partial charge is 0.368 e. The molecular formula is C11H16BrN5. The molecule has 0 aliphatic carbocycles. The van der Waals surface area contributed by atoms with Crippen molar-refractivity contribution >= 4 is 27.7 Å². The molecule has 0 amide bonds.